The molecule has 2 nitrogen and oxygen atoms in total. The molecular weight excluding hydrogens is 302 g/mol. The summed E-state index contributed by atoms with van der Waals surface area (Å²) >= 11 is 1.66. The molecule has 0 aliphatic rings. The van der Waals surface area contributed by atoms with Gasteiger partial charge in [0.15, 0.2) is 0 Å². The number of rotatable bonds is 6. The normalized spacial score (nSPS) is 12.0. The Hall–Kier alpha value is -1.74. The third kappa shape index (κ3) is 5.14. The van der Waals surface area contributed by atoms with Crippen molar-refractivity contribution in [3.8, 4) is 0 Å². The summed E-state index contributed by atoms with van der Waals surface area (Å²) in [5.41, 5.74) is 6.28. The number of nitrogens with one attached hydrogen (secondary N) is 1. The van der Waals surface area contributed by atoms with Crippen molar-refractivity contribution in [2.75, 3.05) is 5.75 Å². The molecule has 0 aliphatic carbocycles. The third-order valence-corrected chi connectivity index (χ3v) is 5.14. The highest BCUT2D eigenvalue weighted by atomic mass is 32.2. The second kappa shape index (κ2) is 8.21. The number of carbonyl (C=O) groups excluding carboxylic acids is 1. The van der Waals surface area contributed by atoms with Gasteiger partial charge >= 0.3 is 0 Å². The van der Waals surface area contributed by atoms with Crippen molar-refractivity contribution < 1.29 is 4.79 Å². The molecule has 0 aromatic heterocycles. The van der Waals surface area contributed by atoms with Gasteiger partial charge in [0.2, 0.25) is 5.91 Å². The maximum absolute atomic E-state index is 12.1. The lowest BCUT2D eigenvalue weighted by Gasteiger charge is -2.15. The zero-order valence-corrected chi connectivity index (χ0v) is 15.2. The quantitative estimate of drug-likeness (QED) is 0.831. The summed E-state index contributed by atoms with van der Waals surface area (Å²) in [5.74, 6) is 1.45. The molecule has 1 amide bonds. The molecule has 1 N–H and O–H groups in total. The second-order valence-corrected chi connectivity index (χ2v) is 7.04. The molecule has 122 valence electrons. The van der Waals surface area contributed by atoms with Gasteiger partial charge < -0.3 is 5.32 Å². The van der Waals surface area contributed by atoms with Gasteiger partial charge in [-0.3, -0.25) is 4.79 Å². The maximum atomic E-state index is 12.1. The van der Waals surface area contributed by atoms with Crippen molar-refractivity contribution in [1.82, 2.24) is 5.32 Å². The molecule has 0 spiro atoms. The van der Waals surface area contributed by atoms with Gasteiger partial charge in [0.1, 0.15) is 0 Å². The van der Waals surface area contributed by atoms with Crippen molar-refractivity contribution in [1.29, 1.82) is 0 Å². The molecule has 2 aromatic carbocycles. The van der Waals surface area contributed by atoms with Crippen molar-refractivity contribution in [3.63, 3.8) is 0 Å². The summed E-state index contributed by atoms with van der Waals surface area (Å²) in [7, 11) is 0. The Morgan fingerprint density at radius 3 is 2.48 bits per heavy atom. The lowest BCUT2D eigenvalue weighted by Crippen LogP contribution is -2.28. The highest BCUT2D eigenvalue weighted by Gasteiger charge is 2.10. The van der Waals surface area contributed by atoms with E-state index in [1.165, 1.54) is 22.3 Å². The van der Waals surface area contributed by atoms with Crippen LogP contribution in [-0.2, 0) is 10.5 Å². The summed E-state index contributed by atoms with van der Waals surface area (Å²) in [6.45, 7) is 8.35. The Morgan fingerprint density at radius 1 is 1.04 bits per heavy atom. The molecule has 2 rings (SSSR count). The summed E-state index contributed by atoms with van der Waals surface area (Å²) in [5, 5.41) is 3.08. The average molecular weight is 327 g/mol. The van der Waals surface area contributed by atoms with Crippen molar-refractivity contribution in [3.05, 3.63) is 70.3 Å². The molecular formula is C20H25NOS. The van der Waals surface area contributed by atoms with Crippen LogP contribution in [0.5, 0.6) is 0 Å². The Bertz CT molecular complexity index is 681. The first-order valence-corrected chi connectivity index (χ1v) is 9.11. The largest absolute Gasteiger partial charge is 0.349 e. The first kappa shape index (κ1) is 17.6. The highest BCUT2D eigenvalue weighted by molar-refractivity contribution is 7.99. The fourth-order valence-corrected chi connectivity index (χ4v) is 3.34. The van der Waals surface area contributed by atoms with Gasteiger partial charge in [0.05, 0.1) is 11.8 Å². The lowest BCUT2D eigenvalue weighted by molar-refractivity contribution is -0.119. The van der Waals surface area contributed by atoms with Gasteiger partial charge in [-0.2, -0.15) is 0 Å². The topological polar surface area (TPSA) is 29.1 Å². The monoisotopic (exact) mass is 327 g/mol. The SMILES string of the molecule is Cc1ccc([C@H](C)NC(=O)CSCc2ccccc2C)cc1C. The van der Waals surface area contributed by atoms with Crippen LogP contribution in [0.3, 0.4) is 0 Å². The number of carbonyl (C=O) groups is 1. The Balaban J connectivity index is 1.82. The molecule has 0 saturated heterocycles. The van der Waals surface area contributed by atoms with Crippen LogP contribution in [0.4, 0.5) is 0 Å². The minimum absolute atomic E-state index is 0.0425. The first-order valence-electron chi connectivity index (χ1n) is 7.96. The van der Waals surface area contributed by atoms with Crippen LogP contribution >= 0.6 is 11.8 Å². The van der Waals surface area contributed by atoms with Crippen LogP contribution in [0.25, 0.3) is 0 Å². The molecule has 1 atom stereocenters. The van der Waals surface area contributed by atoms with Crippen LogP contribution < -0.4 is 5.32 Å². The van der Waals surface area contributed by atoms with Crippen LogP contribution in [0, 0.1) is 20.8 Å². The predicted octanol–water partition coefficient (Wildman–Crippen LogP) is 4.72. The van der Waals surface area contributed by atoms with E-state index in [-0.39, 0.29) is 11.9 Å². The zero-order chi connectivity index (χ0) is 16.8. The average Bonchev–Trinajstić information content (AvgIpc) is 2.51. The van der Waals surface area contributed by atoms with Crippen LogP contribution in [-0.4, -0.2) is 11.7 Å². The van der Waals surface area contributed by atoms with Crippen LogP contribution in [0.1, 0.15) is 40.8 Å². The van der Waals surface area contributed by atoms with Gasteiger partial charge in [-0.05, 0) is 55.5 Å². The summed E-state index contributed by atoms with van der Waals surface area (Å²) < 4.78 is 0. The molecule has 0 unspecified atom stereocenters. The molecule has 0 saturated carbocycles. The molecule has 0 heterocycles. The number of aryl methyl sites for hydroxylation is 3. The molecule has 23 heavy (non-hydrogen) atoms. The lowest BCUT2D eigenvalue weighted by atomic mass is 10.0. The Kier molecular flexibility index (Phi) is 6.28. The van der Waals surface area contributed by atoms with Gasteiger partial charge in [-0.25, -0.2) is 0 Å². The van der Waals surface area contributed by atoms with E-state index >= 15 is 0 Å². The summed E-state index contributed by atoms with van der Waals surface area (Å²) in [6, 6.07) is 14.7. The van der Waals surface area contributed by atoms with E-state index in [4.69, 9.17) is 0 Å². The minimum Gasteiger partial charge on any atom is -0.349 e. The number of hydrogen-bond donors (Lipinski definition) is 1. The standard InChI is InChI=1S/C20H25NOS/c1-14-9-10-18(11-16(14)3)17(4)21-20(22)13-23-12-19-8-6-5-7-15(19)2/h5-11,17H,12-13H2,1-4H3,(H,21,22)/t17-/m0/s1. The van der Waals surface area contributed by atoms with Gasteiger partial charge in [0.25, 0.3) is 0 Å². The number of hydrogen-bond acceptors (Lipinski definition) is 2. The number of benzene rings is 2. The second-order valence-electron chi connectivity index (χ2n) is 6.05. The third-order valence-electron chi connectivity index (χ3n) is 4.16. The zero-order valence-electron chi connectivity index (χ0n) is 14.3. The van der Waals surface area contributed by atoms with Crippen molar-refractivity contribution in [2.45, 2.75) is 39.5 Å². The van der Waals surface area contributed by atoms with E-state index in [9.17, 15) is 4.79 Å². The van der Waals surface area contributed by atoms with E-state index in [1.807, 2.05) is 19.1 Å². The van der Waals surface area contributed by atoms with Gasteiger partial charge in [-0.15, -0.1) is 11.8 Å². The van der Waals surface area contributed by atoms with E-state index in [0.717, 1.165) is 11.3 Å². The molecule has 0 radical (unpaired) electrons. The predicted molar refractivity (Wildman–Crippen MR) is 99.8 cm³/mol. The summed E-state index contributed by atoms with van der Waals surface area (Å²) in [6.07, 6.45) is 0. The molecule has 0 bridgehead atoms. The van der Waals surface area contributed by atoms with E-state index in [0.29, 0.717) is 5.75 Å². The Morgan fingerprint density at radius 2 is 1.78 bits per heavy atom. The van der Waals surface area contributed by atoms with Crippen molar-refractivity contribution >= 4 is 17.7 Å². The van der Waals surface area contributed by atoms with Crippen LogP contribution in [0.15, 0.2) is 42.5 Å². The summed E-state index contributed by atoms with van der Waals surface area (Å²) in [4.78, 5) is 12.1. The fraction of sp³-hybridized carbons (Fsp3) is 0.350. The van der Waals surface area contributed by atoms with Crippen molar-refractivity contribution in [2.24, 2.45) is 0 Å². The molecule has 3 heteroatoms. The molecule has 0 fully saturated rings. The first-order chi connectivity index (χ1) is 11.0. The fourth-order valence-electron chi connectivity index (χ4n) is 2.43. The van der Waals surface area contributed by atoms with Crippen LogP contribution in [0.2, 0.25) is 0 Å². The van der Waals surface area contributed by atoms with E-state index in [2.05, 4.69) is 56.4 Å². The van der Waals surface area contributed by atoms with E-state index < -0.39 is 0 Å². The van der Waals surface area contributed by atoms with Gasteiger partial charge in [0, 0.05) is 5.75 Å². The maximum Gasteiger partial charge on any atom is 0.230 e. The minimum atomic E-state index is 0.0425. The van der Waals surface area contributed by atoms with E-state index in [1.54, 1.807) is 11.8 Å². The number of amides is 1. The number of thioether (sulfide) groups is 1. The Labute approximate surface area is 143 Å². The van der Waals surface area contributed by atoms with Gasteiger partial charge in [-0.1, -0.05) is 42.5 Å². The molecule has 2 aromatic rings. The molecule has 0 aliphatic heterocycles. The smallest absolute Gasteiger partial charge is 0.230 e. The highest BCUT2D eigenvalue weighted by Crippen LogP contribution is 2.18.